The highest BCUT2D eigenvalue weighted by molar-refractivity contribution is 6.21. The summed E-state index contributed by atoms with van der Waals surface area (Å²) in [7, 11) is -0.750. The van der Waals surface area contributed by atoms with Crippen LogP contribution in [0.4, 0.5) is 0 Å². The van der Waals surface area contributed by atoms with Crippen LogP contribution < -0.4 is 0 Å². The second-order valence-corrected chi connectivity index (χ2v) is 2.66. The fourth-order valence-corrected chi connectivity index (χ4v) is 1.42. The van der Waals surface area contributed by atoms with E-state index in [0.717, 1.165) is 6.54 Å². The molecule has 2 fully saturated rings. The number of fused-ring (bicyclic) bond motifs is 1. The molecule has 0 amide bonds. The summed E-state index contributed by atoms with van der Waals surface area (Å²) in [6.45, 7) is 3.47. The molecule has 2 rings (SSSR count). The van der Waals surface area contributed by atoms with Crippen LogP contribution in [-0.4, -0.2) is 52.9 Å². The minimum Gasteiger partial charge on any atom is -0.430 e. The highest BCUT2D eigenvalue weighted by atomic mass is 35.5. The third kappa shape index (κ3) is 2.47. The second kappa shape index (κ2) is 5.19. The van der Waals surface area contributed by atoms with Crippen molar-refractivity contribution in [3.8, 4) is 0 Å². The van der Waals surface area contributed by atoms with Crippen molar-refractivity contribution in [2.75, 3.05) is 19.6 Å². The van der Waals surface area contributed by atoms with Gasteiger partial charge in [0.15, 0.2) is 0 Å². The molecule has 2 aliphatic rings. The molecular formula is C4H11BCl2N2O2. The molecule has 7 heteroatoms. The number of piperazine rings is 1. The summed E-state index contributed by atoms with van der Waals surface area (Å²) in [5.41, 5.74) is 0.328. The van der Waals surface area contributed by atoms with Gasteiger partial charge in [-0.2, -0.15) is 0 Å². The second-order valence-electron chi connectivity index (χ2n) is 2.15. The van der Waals surface area contributed by atoms with Crippen molar-refractivity contribution in [2.24, 2.45) is 0 Å². The zero-order chi connectivity index (χ0) is 7.56. The highest BCUT2D eigenvalue weighted by Crippen LogP contribution is 2.27. The molecule has 0 aliphatic carbocycles. The van der Waals surface area contributed by atoms with E-state index >= 15 is 0 Å². The number of rotatable bonds is 0. The van der Waals surface area contributed by atoms with Gasteiger partial charge in [-0.25, -0.2) is 10.0 Å². The average Bonchev–Trinajstić information content (AvgIpc) is 1.84. The molecule has 4 nitrogen and oxygen atoms in total. The lowest BCUT2D eigenvalue weighted by molar-refractivity contribution is -0.206. The monoisotopic (exact) mass is 200 g/mol. The third-order valence-corrected chi connectivity index (χ3v) is 2.00. The van der Waals surface area contributed by atoms with Gasteiger partial charge in [0.05, 0.1) is 0 Å². The Morgan fingerprint density at radius 3 is 1.91 bits per heavy atom. The first-order chi connectivity index (χ1) is 4.79. The van der Waals surface area contributed by atoms with E-state index in [2.05, 4.69) is 10.0 Å². The molecule has 2 N–H and O–H groups in total. The van der Waals surface area contributed by atoms with E-state index in [-0.39, 0.29) is 12.4 Å². The summed E-state index contributed by atoms with van der Waals surface area (Å²) in [6, 6.07) is 0. The number of halogens is 2. The first kappa shape index (κ1) is 11.5. The molecule has 0 aromatic heterocycles. The van der Waals surface area contributed by atoms with Crippen molar-refractivity contribution >= 4 is 31.7 Å². The predicted octanol–water partition coefficient (Wildman–Crippen LogP) is -1.24. The smallest absolute Gasteiger partial charge is 0.430 e. The summed E-state index contributed by atoms with van der Waals surface area (Å²) >= 11 is 5.73. The minimum atomic E-state index is -0.750. The Labute approximate surface area is 77.4 Å². The van der Waals surface area contributed by atoms with E-state index in [4.69, 9.17) is 21.6 Å². The standard InChI is InChI=1S/C4H7ClN2.BH3O2.ClH/c5-4-3-6-1-2-7(4)6;2-1-3;/h4H,1-3H2;1-3H;1H. The van der Waals surface area contributed by atoms with E-state index < -0.39 is 7.69 Å². The number of hydrogen-bond acceptors (Lipinski definition) is 4. The molecule has 1 atom stereocenters. The van der Waals surface area contributed by atoms with Crippen LogP contribution in [-0.2, 0) is 0 Å². The van der Waals surface area contributed by atoms with Crippen LogP contribution in [0, 0.1) is 0 Å². The van der Waals surface area contributed by atoms with Crippen LogP contribution in [0.5, 0.6) is 0 Å². The van der Waals surface area contributed by atoms with Crippen LogP contribution in [0.15, 0.2) is 0 Å². The van der Waals surface area contributed by atoms with Crippen molar-refractivity contribution in [3.05, 3.63) is 0 Å². The topological polar surface area (TPSA) is 46.9 Å². The number of nitrogens with zero attached hydrogens (tertiary/aromatic N) is 2. The summed E-state index contributed by atoms with van der Waals surface area (Å²) in [5.74, 6) is 0. The zero-order valence-electron chi connectivity index (χ0n) is 5.98. The van der Waals surface area contributed by atoms with Crippen LogP contribution >= 0.6 is 24.0 Å². The van der Waals surface area contributed by atoms with Gasteiger partial charge in [0.25, 0.3) is 0 Å². The number of hydrogen-bond donors (Lipinski definition) is 2. The quantitative estimate of drug-likeness (QED) is 0.292. The SMILES string of the molecule is Cl.ClC1CN2CCN12.OBO. The molecule has 2 heterocycles. The van der Waals surface area contributed by atoms with Gasteiger partial charge in [-0.3, -0.25) is 0 Å². The van der Waals surface area contributed by atoms with Crippen LogP contribution in [0.25, 0.3) is 0 Å². The molecule has 11 heavy (non-hydrogen) atoms. The Morgan fingerprint density at radius 2 is 1.91 bits per heavy atom. The molecule has 0 aromatic rings. The molecule has 66 valence electrons. The van der Waals surface area contributed by atoms with Crippen LogP contribution in [0.2, 0.25) is 0 Å². The Bertz CT molecular complexity index is 116. The molecule has 0 saturated carbocycles. The predicted molar refractivity (Wildman–Crippen MR) is 46.8 cm³/mol. The Balaban J connectivity index is 0.000000225. The summed E-state index contributed by atoms with van der Waals surface area (Å²) in [5, 5.41) is 18.7. The van der Waals surface area contributed by atoms with Crippen molar-refractivity contribution in [1.29, 1.82) is 0 Å². The number of alkyl halides is 1. The van der Waals surface area contributed by atoms with Gasteiger partial charge in [0.1, 0.15) is 5.50 Å². The van der Waals surface area contributed by atoms with Crippen molar-refractivity contribution < 1.29 is 10.0 Å². The van der Waals surface area contributed by atoms with E-state index in [1.807, 2.05) is 0 Å². The lowest BCUT2D eigenvalue weighted by Crippen LogP contribution is -2.71. The van der Waals surface area contributed by atoms with Gasteiger partial charge in [-0.1, -0.05) is 0 Å². The van der Waals surface area contributed by atoms with Gasteiger partial charge in [-0.15, -0.1) is 24.0 Å². The van der Waals surface area contributed by atoms with E-state index in [1.54, 1.807) is 0 Å². The largest absolute Gasteiger partial charge is 0.432 e. The first-order valence-electron chi connectivity index (χ1n) is 3.17. The van der Waals surface area contributed by atoms with Gasteiger partial charge in [-0.05, 0) is 0 Å². The summed E-state index contributed by atoms with van der Waals surface area (Å²) in [4.78, 5) is 0. The molecule has 0 bridgehead atoms. The number of hydrazine groups is 1. The highest BCUT2D eigenvalue weighted by Gasteiger charge is 2.41. The fraction of sp³-hybridized carbons (Fsp3) is 1.00. The lowest BCUT2D eigenvalue weighted by atomic mass is 10.3. The van der Waals surface area contributed by atoms with Crippen LogP contribution in [0.3, 0.4) is 0 Å². The lowest BCUT2D eigenvalue weighted by Gasteiger charge is -2.56. The molecule has 0 spiro atoms. The molecule has 0 radical (unpaired) electrons. The van der Waals surface area contributed by atoms with Gasteiger partial charge in [0, 0.05) is 19.6 Å². The van der Waals surface area contributed by atoms with E-state index in [9.17, 15) is 0 Å². The maximum absolute atomic E-state index is 7.12. The molecule has 1 unspecified atom stereocenters. The molecule has 2 aliphatic heterocycles. The first-order valence-corrected chi connectivity index (χ1v) is 3.60. The third-order valence-electron chi connectivity index (χ3n) is 1.64. The molecular weight excluding hydrogens is 190 g/mol. The van der Waals surface area contributed by atoms with E-state index in [1.165, 1.54) is 13.1 Å². The maximum atomic E-state index is 7.12. The Morgan fingerprint density at radius 1 is 1.36 bits per heavy atom. The summed E-state index contributed by atoms with van der Waals surface area (Å²) in [6.07, 6.45) is 0. The van der Waals surface area contributed by atoms with Gasteiger partial charge < -0.3 is 10.0 Å². The maximum Gasteiger partial charge on any atom is 0.432 e. The zero-order valence-corrected chi connectivity index (χ0v) is 7.55. The van der Waals surface area contributed by atoms with E-state index in [0.29, 0.717) is 5.50 Å². The minimum absolute atomic E-state index is 0. The fourth-order valence-electron chi connectivity index (χ4n) is 1.04. The Hall–Kier alpha value is 0.485. The van der Waals surface area contributed by atoms with Crippen molar-refractivity contribution in [2.45, 2.75) is 5.50 Å². The summed E-state index contributed by atoms with van der Waals surface area (Å²) < 4.78 is 0. The molecule has 0 aromatic carbocycles. The van der Waals surface area contributed by atoms with Gasteiger partial charge >= 0.3 is 7.69 Å². The molecule has 2 saturated heterocycles. The van der Waals surface area contributed by atoms with Crippen LogP contribution in [0.1, 0.15) is 0 Å². The van der Waals surface area contributed by atoms with Crippen molar-refractivity contribution in [1.82, 2.24) is 10.0 Å². The normalized spacial score (nSPS) is 27.7. The van der Waals surface area contributed by atoms with Gasteiger partial charge in [0.2, 0.25) is 0 Å². The average molecular weight is 201 g/mol. The Kier molecular flexibility index (Phi) is 5.42. The van der Waals surface area contributed by atoms with Crippen molar-refractivity contribution in [3.63, 3.8) is 0 Å².